The Hall–Kier alpha value is -2.34. The zero-order chi connectivity index (χ0) is 17.8. The minimum atomic E-state index is -0.654. The summed E-state index contributed by atoms with van der Waals surface area (Å²) in [6, 6.07) is 12.4. The molecule has 5 nitrogen and oxygen atoms in total. The second-order valence-electron chi connectivity index (χ2n) is 6.20. The van der Waals surface area contributed by atoms with Gasteiger partial charge in [-0.05, 0) is 60.2 Å². The van der Waals surface area contributed by atoms with Crippen molar-refractivity contribution in [2.75, 3.05) is 5.32 Å². The molecule has 0 aliphatic heterocycles. The Balaban J connectivity index is 1.69. The third-order valence-electron chi connectivity index (χ3n) is 4.36. The van der Waals surface area contributed by atoms with E-state index in [1.54, 1.807) is 0 Å². The van der Waals surface area contributed by atoms with E-state index >= 15 is 0 Å². The smallest absolute Gasteiger partial charge is 0.312 e. The van der Waals surface area contributed by atoms with Gasteiger partial charge in [0.15, 0.2) is 0 Å². The molecule has 2 aromatic carbocycles. The van der Waals surface area contributed by atoms with Crippen molar-refractivity contribution < 1.29 is 9.59 Å². The van der Waals surface area contributed by atoms with Gasteiger partial charge in [0.25, 0.3) is 0 Å². The number of amides is 3. The number of hydrogen-bond donors (Lipinski definition) is 3. The lowest BCUT2D eigenvalue weighted by Crippen LogP contribution is -2.35. The van der Waals surface area contributed by atoms with Crippen LogP contribution in [0.1, 0.15) is 35.6 Å². The lowest BCUT2D eigenvalue weighted by molar-refractivity contribution is -0.116. The maximum absolute atomic E-state index is 12.4. The fourth-order valence-electron chi connectivity index (χ4n) is 3.17. The molecule has 0 heterocycles. The molecule has 3 amide bonds. The van der Waals surface area contributed by atoms with Crippen molar-refractivity contribution in [2.24, 2.45) is 5.73 Å². The number of benzene rings is 2. The minimum Gasteiger partial charge on any atom is -0.352 e. The van der Waals surface area contributed by atoms with Crippen LogP contribution in [0, 0.1) is 0 Å². The van der Waals surface area contributed by atoms with E-state index in [0.717, 1.165) is 28.6 Å². The van der Waals surface area contributed by atoms with E-state index in [-0.39, 0.29) is 12.3 Å². The van der Waals surface area contributed by atoms with Crippen molar-refractivity contribution in [3.8, 4) is 0 Å². The predicted octanol–water partition coefficient (Wildman–Crippen LogP) is 3.68. The number of nitrogens with one attached hydrogen (secondary N) is 2. The summed E-state index contributed by atoms with van der Waals surface area (Å²) in [6.45, 7) is 0. The van der Waals surface area contributed by atoms with Crippen molar-refractivity contribution in [2.45, 2.75) is 31.7 Å². The van der Waals surface area contributed by atoms with E-state index in [1.165, 1.54) is 17.5 Å². The average molecular weight is 402 g/mol. The molecule has 4 N–H and O–H groups in total. The average Bonchev–Trinajstić information content (AvgIpc) is 3.02. The van der Waals surface area contributed by atoms with Gasteiger partial charge in [-0.25, -0.2) is 4.79 Å². The van der Waals surface area contributed by atoms with Gasteiger partial charge in [0, 0.05) is 10.2 Å². The van der Waals surface area contributed by atoms with Gasteiger partial charge in [-0.15, -0.1) is 0 Å². The minimum absolute atomic E-state index is 0.113. The molecular formula is C19H20BrN3O2. The number of primary amides is 1. The first-order chi connectivity index (χ1) is 12.0. The molecule has 1 atom stereocenters. The van der Waals surface area contributed by atoms with Crippen molar-refractivity contribution in [1.82, 2.24) is 5.32 Å². The van der Waals surface area contributed by atoms with E-state index in [1.807, 2.05) is 36.4 Å². The zero-order valence-corrected chi connectivity index (χ0v) is 15.3. The first kappa shape index (κ1) is 17.5. The number of nitrogens with two attached hydrogens (primary N) is 1. The number of aryl methyl sites for hydroxylation is 2. The highest BCUT2D eigenvalue weighted by atomic mass is 79.9. The molecule has 0 spiro atoms. The summed E-state index contributed by atoms with van der Waals surface area (Å²) < 4.78 is 0.927. The Bertz CT molecular complexity index is 790. The molecule has 0 fully saturated rings. The molecule has 25 heavy (non-hydrogen) atoms. The summed E-state index contributed by atoms with van der Waals surface area (Å²) in [6.07, 6.45) is 3.45. The SMILES string of the molecule is NC(=O)N[C@@H](CC(=O)Nc1ccc2c(c1)CCC2)c1ccc(Br)cc1. The molecule has 3 rings (SSSR count). The Morgan fingerprint density at radius 1 is 1.08 bits per heavy atom. The maximum Gasteiger partial charge on any atom is 0.312 e. The highest BCUT2D eigenvalue weighted by Crippen LogP contribution is 2.25. The first-order valence-electron chi connectivity index (χ1n) is 8.24. The second kappa shape index (κ2) is 7.70. The normalized spacial score (nSPS) is 13.8. The lowest BCUT2D eigenvalue weighted by Gasteiger charge is -2.18. The standard InChI is InChI=1S/C19H20BrN3O2/c20-15-7-4-13(5-8-15)17(23-19(21)25)11-18(24)22-16-9-6-12-2-1-3-14(12)10-16/h4-10,17H,1-3,11H2,(H,22,24)(H3,21,23,25)/t17-/m0/s1. The Morgan fingerprint density at radius 3 is 2.52 bits per heavy atom. The Kier molecular flexibility index (Phi) is 5.38. The van der Waals surface area contributed by atoms with Crippen LogP contribution >= 0.6 is 15.9 Å². The zero-order valence-electron chi connectivity index (χ0n) is 13.7. The fourth-order valence-corrected chi connectivity index (χ4v) is 3.43. The highest BCUT2D eigenvalue weighted by Gasteiger charge is 2.18. The number of carbonyl (C=O) groups excluding carboxylic acids is 2. The molecule has 0 radical (unpaired) electrons. The topological polar surface area (TPSA) is 84.2 Å². The third-order valence-corrected chi connectivity index (χ3v) is 4.89. The van der Waals surface area contributed by atoms with Crippen LogP contribution in [-0.2, 0) is 17.6 Å². The van der Waals surface area contributed by atoms with E-state index in [0.29, 0.717) is 0 Å². The summed E-state index contributed by atoms with van der Waals surface area (Å²) in [5, 5.41) is 5.55. The lowest BCUT2D eigenvalue weighted by atomic mass is 10.0. The number of rotatable bonds is 5. The maximum atomic E-state index is 12.4. The molecular weight excluding hydrogens is 382 g/mol. The van der Waals surface area contributed by atoms with Gasteiger partial charge in [0.1, 0.15) is 0 Å². The van der Waals surface area contributed by atoms with Gasteiger partial charge in [0.2, 0.25) is 5.91 Å². The van der Waals surface area contributed by atoms with Gasteiger partial charge in [-0.2, -0.15) is 0 Å². The second-order valence-corrected chi connectivity index (χ2v) is 7.12. The summed E-state index contributed by atoms with van der Waals surface area (Å²) in [5.74, 6) is -0.167. The van der Waals surface area contributed by atoms with Gasteiger partial charge in [-0.1, -0.05) is 34.1 Å². The molecule has 0 saturated carbocycles. The van der Waals surface area contributed by atoms with E-state index in [9.17, 15) is 9.59 Å². The first-order valence-corrected chi connectivity index (χ1v) is 9.03. The van der Waals surface area contributed by atoms with Crippen LogP contribution in [-0.4, -0.2) is 11.9 Å². The van der Waals surface area contributed by atoms with Crippen LogP contribution in [0.5, 0.6) is 0 Å². The molecule has 2 aromatic rings. The summed E-state index contributed by atoms with van der Waals surface area (Å²) in [5.41, 5.74) is 9.54. The molecule has 0 bridgehead atoms. The van der Waals surface area contributed by atoms with E-state index in [4.69, 9.17) is 5.73 Å². The van der Waals surface area contributed by atoms with Crippen LogP contribution in [0.15, 0.2) is 46.9 Å². The van der Waals surface area contributed by atoms with Crippen molar-refractivity contribution in [3.63, 3.8) is 0 Å². The van der Waals surface area contributed by atoms with Crippen molar-refractivity contribution in [3.05, 3.63) is 63.6 Å². The van der Waals surface area contributed by atoms with Crippen LogP contribution in [0.2, 0.25) is 0 Å². The van der Waals surface area contributed by atoms with E-state index in [2.05, 4.69) is 32.6 Å². The van der Waals surface area contributed by atoms with Gasteiger partial charge >= 0.3 is 6.03 Å². The monoisotopic (exact) mass is 401 g/mol. The Labute approximate surface area is 155 Å². The number of anilines is 1. The number of urea groups is 1. The van der Waals surface area contributed by atoms with Gasteiger partial charge in [0.05, 0.1) is 12.5 Å². The van der Waals surface area contributed by atoms with Gasteiger partial charge in [-0.3, -0.25) is 4.79 Å². The van der Waals surface area contributed by atoms with Crippen molar-refractivity contribution >= 4 is 33.6 Å². The largest absolute Gasteiger partial charge is 0.352 e. The fraction of sp³-hybridized carbons (Fsp3) is 0.263. The van der Waals surface area contributed by atoms with E-state index < -0.39 is 12.1 Å². The Morgan fingerprint density at radius 2 is 1.80 bits per heavy atom. The number of fused-ring (bicyclic) bond motifs is 1. The molecule has 0 saturated heterocycles. The summed E-state index contributed by atoms with van der Waals surface area (Å²) >= 11 is 3.37. The number of halogens is 1. The molecule has 1 aliphatic rings. The molecule has 0 aromatic heterocycles. The molecule has 130 valence electrons. The number of hydrogen-bond acceptors (Lipinski definition) is 2. The molecule has 1 aliphatic carbocycles. The van der Waals surface area contributed by atoms with Crippen molar-refractivity contribution in [1.29, 1.82) is 0 Å². The predicted molar refractivity (Wildman–Crippen MR) is 101 cm³/mol. The summed E-state index contributed by atoms with van der Waals surface area (Å²) in [4.78, 5) is 23.7. The van der Waals surface area contributed by atoms with Gasteiger partial charge < -0.3 is 16.4 Å². The van der Waals surface area contributed by atoms with Crippen LogP contribution < -0.4 is 16.4 Å². The number of carbonyl (C=O) groups is 2. The van der Waals surface area contributed by atoms with Crippen LogP contribution in [0.3, 0.4) is 0 Å². The van der Waals surface area contributed by atoms with Crippen LogP contribution in [0.25, 0.3) is 0 Å². The quantitative estimate of drug-likeness (QED) is 0.713. The van der Waals surface area contributed by atoms with Crippen LogP contribution in [0.4, 0.5) is 10.5 Å². The molecule has 6 heteroatoms. The molecule has 0 unspecified atom stereocenters. The highest BCUT2D eigenvalue weighted by molar-refractivity contribution is 9.10. The summed E-state index contributed by atoms with van der Waals surface area (Å²) in [7, 11) is 0. The third kappa shape index (κ3) is 4.60.